The van der Waals surface area contributed by atoms with Crippen LogP contribution in [0.2, 0.25) is 0 Å². The van der Waals surface area contributed by atoms with Gasteiger partial charge in [0, 0.05) is 30.6 Å². The van der Waals surface area contributed by atoms with Crippen molar-refractivity contribution in [2.75, 3.05) is 18.9 Å². The van der Waals surface area contributed by atoms with E-state index in [9.17, 15) is 9.59 Å². The van der Waals surface area contributed by atoms with Gasteiger partial charge in [-0.2, -0.15) is 0 Å². The summed E-state index contributed by atoms with van der Waals surface area (Å²) in [5, 5.41) is 13.4. The third kappa shape index (κ3) is 4.28. The molecule has 0 atom stereocenters. The maximum absolute atomic E-state index is 12.4. The van der Waals surface area contributed by atoms with E-state index in [0.29, 0.717) is 12.1 Å². The van der Waals surface area contributed by atoms with Crippen LogP contribution in [0.4, 0.5) is 5.82 Å². The Kier molecular flexibility index (Phi) is 5.94. The van der Waals surface area contributed by atoms with Gasteiger partial charge in [-0.05, 0) is 48.9 Å². The summed E-state index contributed by atoms with van der Waals surface area (Å²) in [5.41, 5.74) is 2.98. The van der Waals surface area contributed by atoms with Crippen molar-refractivity contribution >= 4 is 39.2 Å². The number of aliphatic carboxylic acids is 1. The molecule has 0 radical (unpaired) electrons. The molecule has 7 nitrogen and oxygen atoms in total. The van der Waals surface area contributed by atoms with E-state index in [1.807, 2.05) is 12.1 Å². The first-order valence-corrected chi connectivity index (χ1v) is 10.9. The van der Waals surface area contributed by atoms with E-state index < -0.39 is 5.97 Å². The number of aryl methyl sites for hydroxylation is 2. The lowest BCUT2D eigenvalue weighted by Crippen LogP contribution is -2.29. The summed E-state index contributed by atoms with van der Waals surface area (Å²) in [6.07, 6.45) is 6.22. The van der Waals surface area contributed by atoms with E-state index in [4.69, 9.17) is 5.11 Å². The Morgan fingerprint density at radius 3 is 2.70 bits per heavy atom. The number of amides is 1. The molecule has 30 heavy (non-hydrogen) atoms. The fourth-order valence-electron chi connectivity index (χ4n) is 3.76. The van der Waals surface area contributed by atoms with Gasteiger partial charge in [-0.3, -0.25) is 9.59 Å². The molecule has 2 heterocycles. The predicted octanol–water partition coefficient (Wildman–Crippen LogP) is 3.73. The average Bonchev–Trinajstić information content (AvgIpc) is 3.15. The first-order chi connectivity index (χ1) is 14.5. The smallest absolute Gasteiger partial charge is 0.305 e. The molecule has 3 aromatic rings. The number of nitrogens with one attached hydrogen (secondary N) is 1. The average molecular weight is 425 g/mol. The molecule has 1 amide bonds. The topological polar surface area (TPSA) is 95.4 Å². The summed E-state index contributed by atoms with van der Waals surface area (Å²) < 4.78 is 0. The van der Waals surface area contributed by atoms with Gasteiger partial charge in [-0.1, -0.05) is 12.1 Å². The third-order valence-corrected chi connectivity index (χ3v) is 6.62. The van der Waals surface area contributed by atoms with Crippen LogP contribution in [0.25, 0.3) is 10.2 Å². The number of hydrogen-bond donors (Lipinski definition) is 2. The van der Waals surface area contributed by atoms with Crippen molar-refractivity contribution in [2.45, 2.75) is 38.6 Å². The Hall–Kier alpha value is -3.00. The second kappa shape index (κ2) is 8.79. The van der Waals surface area contributed by atoms with Crippen LogP contribution in [0.1, 0.15) is 45.6 Å². The molecule has 0 bridgehead atoms. The summed E-state index contributed by atoms with van der Waals surface area (Å²) in [7, 11) is 1.61. The highest BCUT2D eigenvalue weighted by atomic mass is 32.1. The molecule has 2 aromatic heterocycles. The van der Waals surface area contributed by atoms with Crippen LogP contribution in [0, 0.1) is 0 Å². The minimum Gasteiger partial charge on any atom is -0.481 e. The number of anilines is 1. The van der Waals surface area contributed by atoms with Gasteiger partial charge in [0.25, 0.3) is 5.91 Å². The van der Waals surface area contributed by atoms with Crippen LogP contribution < -0.4 is 5.32 Å². The Morgan fingerprint density at radius 1 is 1.17 bits per heavy atom. The van der Waals surface area contributed by atoms with Crippen LogP contribution in [0.15, 0.2) is 30.6 Å². The maximum atomic E-state index is 12.4. The van der Waals surface area contributed by atoms with Gasteiger partial charge in [0.1, 0.15) is 17.0 Å². The van der Waals surface area contributed by atoms with Gasteiger partial charge in [0.2, 0.25) is 0 Å². The van der Waals surface area contributed by atoms with Crippen LogP contribution in [0.3, 0.4) is 0 Å². The molecular formula is C22H24N4O3S. The van der Waals surface area contributed by atoms with E-state index in [0.717, 1.165) is 34.4 Å². The van der Waals surface area contributed by atoms with Crippen LogP contribution >= 0.6 is 11.3 Å². The Morgan fingerprint density at radius 2 is 1.93 bits per heavy atom. The molecule has 0 saturated carbocycles. The molecule has 2 N–H and O–H groups in total. The number of rotatable bonds is 7. The first kappa shape index (κ1) is 20.3. The number of carboxylic acids is 1. The van der Waals surface area contributed by atoms with Gasteiger partial charge >= 0.3 is 5.97 Å². The lowest BCUT2D eigenvalue weighted by Gasteiger charge is -2.16. The molecule has 1 aliphatic carbocycles. The number of nitrogens with zero attached hydrogens (tertiary/aromatic N) is 3. The fourth-order valence-corrected chi connectivity index (χ4v) is 4.99. The number of carbonyl (C=O) groups is 2. The fraction of sp³-hybridized carbons (Fsp3) is 0.364. The summed E-state index contributed by atoms with van der Waals surface area (Å²) in [4.78, 5) is 35.9. The minimum absolute atomic E-state index is 0.0655. The largest absolute Gasteiger partial charge is 0.481 e. The zero-order chi connectivity index (χ0) is 21.1. The molecule has 4 rings (SSSR count). The number of carboxylic acid groups (broad SMARTS) is 1. The van der Waals surface area contributed by atoms with Gasteiger partial charge in [0.05, 0.1) is 11.8 Å². The van der Waals surface area contributed by atoms with Crippen molar-refractivity contribution in [3.63, 3.8) is 0 Å². The second-order valence-electron chi connectivity index (χ2n) is 7.53. The summed E-state index contributed by atoms with van der Waals surface area (Å²) in [6.45, 7) is 0.784. The maximum Gasteiger partial charge on any atom is 0.305 e. The van der Waals surface area contributed by atoms with Crippen molar-refractivity contribution < 1.29 is 14.7 Å². The summed E-state index contributed by atoms with van der Waals surface area (Å²) >= 11 is 1.78. The molecule has 1 aromatic carbocycles. The van der Waals surface area contributed by atoms with E-state index in [-0.39, 0.29) is 18.9 Å². The second-order valence-corrected chi connectivity index (χ2v) is 8.62. The monoisotopic (exact) mass is 424 g/mol. The molecule has 1 aliphatic rings. The van der Waals surface area contributed by atoms with Gasteiger partial charge in [-0.25, -0.2) is 9.97 Å². The highest BCUT2D eigenvalue weighted by Crippen LogP contribution is 2.38. The molecule has 0 saturated heterocycles. The van der Waals surface area contributed by atoms with Crippen molar-refractivity contribution in [1.29, 1.82) is 0 Å². The highest BCUT2D eigenvalue weighted by molar-refractivity contribution is 7.19. The minimum atomic E-state index is -0.915. The quantitative estimate of drug-likeness (QED) is 0.600. The molecular weight excluding hydrogens is 400 g/mol. The lowest BCUT2D eigenvalue weighted by molar-refractivity contribution is -0.137. The van der Waals surface area contributed by atoms with Gasteiger partial charge in [0.15, 0.2) is 0 Å². The standard InChI is InChI=1S/C22H24N4O3S/c1-26(11-10-18(27)28)22(29)15-8-6-14(7-9-15)12-23-20-19-16-4-2-3-5-17(16)30-21(19)25-13-24-20/h6-9,13H,2-5,10-12H2,1H3,(H,27,28)(H,23,24,25). The van der Waals surface area contributed by atoms with Gasteiger partial charge in [-0.15, -0.1) is 11.3 Å². The van der Waals surface area contributed by atoms with Crippen LogP contribution in [-0.2, 0) is 24.2 Å². The number of carbonyl (C=O) groups excluding carboxylic acids is 1. The molecule has 0 unspecified atom stereocenters. The number of hydrogen-bond acceptors (Lipinski definition) is 6. The molecule has 156 valence electrons. The zero-order valence-corrected chi connectivity index (χ0v) is 17.7. The van der Waals surface area contributed by atoms with Crippen molar-refractivity contribution in [3.8, 4) is 0 Å². The summed E-state index contributed by atoms with van der Waals surface area (Å²) in [6, 6.07) is 7.37. The highest BCUT2D eigenvalue weighted by Gasteiger charge is 2.19. The predicted molar refractivity (Wildman–Crippen MR) is 117 cm³/mol. The lowest BCUT2D eigenvalue weighted by atomic mass is 9.97. The van der Waals surface area contributed by atoms with Crippen molar-refractivity contribution in [2.24, 2.45) is 0 Å². The van der Waals surface area contributed by atoms with Crippen LogP contribution in [-0.4, -0.2) is 45.4 Å². The SMILES string of the molecule is CN(CCC(=O)O)C(=O)c1ccc(CNc2ncnc3sc4c(c23)CCCC4)cc1. The van der Waals surface area contributed by atoms with Crippen molar-refractivity contribution in [1.82, 2.24) is 14.9 Å². The first-order valence-electron chi connectivity index (χ1n) is 10.1. The van der Waals surface area contributed by atoms with E-state index >= 15 is 0 Å². The van der Waals surface area contributed by atoms with E-state index in [1.54, 1.807) is 36.8 Å². The van der Waals surface area contributed by atoms with Gasteiger partial charge < -0.3 is 15.3 Å². The molecule has 0 aliphatic heterocycles. The molecule has 0 spiro atoms. The molecule has 8 heteroatoms. The summed E-state index contributed by atoms with van der Waals surface area (Å²) in [5.74, 6) is -0.229. The van der Waals surface area contributed by atoms with Crippen molar-refractivity contribution in [3.05, 3.63) is 52.2 Å². The Balaban J connectivity index is 1.44. The number of thiophene rings is 1. The van der Waals surface area contributed by atoms with E-state index in [2.05, 4.69) is 15.3 Å². The van der Waals surface area contributed by atoms with Crippen LogP contribution in [0.5, 0.6) is 0 Å². The number of benzene rings is 1. The molecule has 0 fully saturated rings. The number of fused-ring (bicyclic) bond motifs is 3. The number of aromatic nitrogens is 2. The normalized spacial score (nSPS) is 13.1. The Labute approximate surface area is 178 Å². The third-order valence-electron chi connectivity index (χ3n) is 5.42. The Bertz CT molecular complexity index is 1080. The zero-order valence-electron chi connectivity index (χ0n) is 16.9. The van der Waals surface area contributed by atoms with E-state index in [1.165, 1.54) is 28.2 Å².